The zero-order valence-electron chi connectivity index (χ0n) is 16.5. The van der Waals surface area contributed by atoms with Crippen molar-refractivity contribution in [3.05, 3.63) is 82.3 Å². The molecule has 0 radical (unpaired) electrons. The Morgan fingerprint density at radius 1 is 1.13 bits per heavy atom. The fourth-order valence-corrected chi connectivity index (χ4v) is 2.76. The molecule has 2 aromatic carbocycles. The fraction of sp³-hybridized carbons (Fsp3) is 0.136. The third-order valence-corrected chi connectivity index (χ3v) is 4.21. The molecule has 0 aliphatic heterocycles. The predicted octanol–water partition coefficient (Wildman–Crippen LogP) is 4.37. The summed E-state index contributed by atoms with van der Waals surface area (Å²) >= 11 is 5.88. The molecule has 0 saturated carbocycles. The topological polar surface area (TPSA) is 110 Å². The highest BCUT2D eigenvalue weighted by molar-refractivity contribution is 6.30. The van der Waals surface area contributed by atoms with Crippen LogP contribution in [0.1, 0.15) is 39.2 Å². The Balaban J connectivity index is 1.65. The molecule has 0 fully saturated rings. The van der Waals surface area contributed by atoms with Crippen molar-refractivity contribution in [3.63, 3.8) is 0 Å². The van der Waals surface area contributed by atoms with Crippen LogP contribution in [-0.2, 0) is 6.61 Å². The van der Waals surface area contributed by atoms with E-state index in [1.807, 2.05) is 6.92 Å². The number of hydrogen-bond acceptors (Lipinski definition) is 6. The number of nitrogens with zero attached hydrogens (tertiary/aromatic N) is 1. The number of benzene rings is 2. The number of hydrogen-bond donors (Lipinski definition) is 2. The van der Waals surface area contributed by atoms with E-state index in [2.05, 4.69) is 10.5 Å². The first-order valence-electron chi connectivity index (χ1n) is 9.27. The summed E-state index contributed by atoms with van der Waals surface area (Å²) in [6.45, 7) is 2.28. The van der Waals surface area contributed by atoms with Gasteiger partial charge in [0.2, 0.25) is 5.76 Å². The van der Waals surface area contributed by atoms with Gasteiger partial charge in [0.15, 0.2) is 11.5 Å². The van der Waals surface area contributed by atoms with Gasteiger partial charge in [-0.25, -0.2) is 10.2 Å². The standard InChI is InChI=1S/C22H19ClN2O6/c1-2-29-20-10-14(12-24-25-21(26)15-4-3-5-16(23)11-15)6-8-18(20)30-13-17-7-9-19(31-17)22(27)28/h3-12H,2,13H2,1H3,(H,25,26)(H,27,28). The third-order valence-electron chi connectivity index (χ3n) is 3.98. The number of halogens is 1. The molecule has 0 aliphatic rings. The average molecular weight is 443 g/mol. The Labute approximate surface area is 183 Å². The summed E-state index contributed by atoms with van der Waals surface area (Å²) in [5.41, 5.74) is 3.51. The van der Waals surface area contributed by atoms with Crippen molar-refractivity contribution < 1.29 is 28.6 Å². The lowest BCUT2D eigenvalue weighted by Gasteiger charge is -2.11. The molecule has 8 nitrogen and oxygen atoms in total. The molecule has 0 atom stereocenters. The minimum atomic E-state index is -1.15. The van der Waals surface area contributed by atoms with Crippen molar-refractivity contribution in [1.29, 1.82) is 0 Å². The first kappa shape index (κ1) is 21.9. The van der Waals surface area contributed by atoms with Crippen LogP contribution < -0.4 is 14.9 Å². The van der Waals surface area contributed by atoms with E-state index in [9.17, 15) is 9.59 Å². The maximum Gasteiger partial charge on any atom is 0.371 e. The predicted molar refractivity (Wildman–Crippen MR) is 114 cm³/mol. The number of nitrogens with one attached hydrogen (secondary N) is 1. The van der Waals surface area contributed by atoms with Crippen LogP contribution >= 0.6 is 11.6 Å². The van der Waals surface area contributed by atoms with E-state index < -0.39 is 5.97 Å². The van der Waals surface area contributed by atoms with E-state index in [4.69, 9.17) is 30.6 Å². The summed E-state index contributed by atoms with van der Waals surface area (Å²) in [5.74, 6) is -0.396. The quantitative estimate of drug-likeness (QED) is 0.376. The van der Waals surface area contributed by atoms with Crippen LogP contribution in [0.25, 0.3) is 0 Å². The summed E-state index contributed by atoms with van der Waals surface area (Å²) < 4.78 is 16.5. The summed E-state index contributed by atoms with van der Waals surface area (Å²) in [5, 5.41) is 13.3. The maximum atomic E-state index is 12.1. The summed E-state index contributed by atoms with van der Waals surface area (Å²) in [6.07, 6.45) is 1.47. The Morgan fingerprint density at radius 2 is 1.97 bits per heavy atom. The number of ether oxygens (including phenoxy) is 2. The average Bonchev–Trinajstić information content (AvgIpc) is 3.23. The van der Waals surface area contributed by atoms with Gasteiger partial charge in [-0.2, -0.15) is 5.10 Å². The Bertz CT molecular complexity index is 1110. The van der Waals surface area contributed by atoms with Gasteiger partial charge in [0.1, 0.15) is 12.4 Å². The zero-order chi connectivity index (χ0) is 22.2. The van der Waals surface area contributed by atoms with E-state index >= 15 is 0 Å². The van der Waals surface area contributed by atoms with Crippen LogP contribution in [0, 0.1) is 0 Å². The minimum absolute atomic E-state index is 0.0382. The number of rotatable bonds is 9. The maximum absolute atomic E-state index is 12.1. The van der Waals surface area contributed by atoms with Gasteiger partial charge in [-0.15, -0.1) is 0 Å². The molecule has 0 bridgehead atoms. The third kappa shape index (κ3) is 6.10. The second-order valence-corrected chi connectivity index (χ2v) is 6.64. The van der Waals surface area contributed by atoms with E-state index in [-0.39, 0.29) is 18.3 Å². The molecular weight excluding hydrogens is 424 g/mol. The van der Waals surface area contributed by atoms with E-state index in [0.717, 1.165) is 0 Å². The number of aromatic carboxylic acids is 1. The van der Waals surface area contributed by atoms with Crippen LogP contribution in [0.3, 0.4) is 0 Å². The number of hydrazone groups is 1. The Kier molecular flexibility index (Phi) is 7.29. The van der Waals surface area contributed by atoms with Crippen LogP contribution in [0.15, 0.2) is 64.1 Å². The zero-order valence-corrected chi connectivity index (χ0v) is 17.3. The number of carbonyl (C=O) groups excluding carboxylic acids is 1. The Morgan fingerprint density at radius 3 is 2.68 bits per heavy atom. The largest absolute Gasteiger partial charge is 0.490 e. The number of carbonyl (C=O) groups is 2. The molecule has 31 heavy (non-hydrogen) atoms. The lowest BCUT2D eigenvalue weighted by atomic mass is 10.2. The van der Waals surface area contributed by atoms with Gasteiger partial charge in [-0.05, 0) is 61.0 Å². The molecule has 160 valence electrons. The van der Waals surface area contributed by atoms with Crippen molar-refractivity contribution in [2.45, 2.75) is 13.5 Å². The normalized spacial score (nSPS) is 10.8. The van der Waals surface area contributed by atoms with Crippen molar-refractivity contribution >= 4 is 29.7 Å². The van der Waals surface area contributed by atoms with E-state index in [1.54, 1.807) is 42.5 Å². The molecule has 0 spiro atoms. The molecule has 1 heterocycles. The smallest absolute Gasteiger partial charge is 0.371 e. The summed E-state index contributed by atoms with van der Waals surface area (Å²) in [7, 11) is 0. The second-order valence-electron chi connectivity index (χ2n) is 6.21. The Hall–Kier alpha value is -3.78. The highest BCUT2D eigenvalue weighted by atomic mass is 35.5. The highest BCUT2D eigenvalue weighted by Gasteiger charge is 2.11. The van der Waals surface area contributed by atoms with Gasteiger partial charge in [0.05, 0.1) is 12.8 Å². The molecular formula is C22H19ClN2O6. The summed E-state index contributed by atoms with van der Waals surface area (Å²) in [6, 6.07) is 14.6. The number of carboxylic acid groups (broad SMARTS) is 1. The number of amides is 1. The lowest BCUT2D eigenvalue weighted by Crippen LogP contribution is -2.17. The van der Waals surface area contributed by atoms with Gasteiger partial charge in [0, 0.05) is 10.6 Å². The van der Waals surface area contributed by atoms with Gasteiger partial charge < -0.3 is 19.0 Å². The van der Waals surface area contributed by atoms with Crippen LogP contribution in [0.5, 0.6) is 11.5 Å². The molecule has 0 unspecified atom stereocenters. The molecule has 9 heteroatoms. The van der Waals surface area contributed by atoms with Crippen molar-refractivity contribution in [1.82, 2.24) is 5.43 Å². The van der Waals surface area contributed by atoms with Gasteiger partial charge >= 0.3 is 5.97 Å². The van der Waals surface area contributed by atoms with Crippen molar-refractivity contribution in [3.8, 4) is 11.5 Å². The first-order chi connectivity index (χ1) is 15.0. The molecule has 1 amide bonds. The summed E-state index contributed by atoms with van der Waals surface area (Å²) in [4.78, 5) is 23.0. The van der Waals surface area contributed by atoms with E-state index in [1.165, 1.54) is 18.3 Å². The molecule has 0 aliphatic carbocycles. The van der Waals surface area contributed by atoms with Gasteiger partial charge in [-0.1, -0.05) is 17.7 Å². The minimum Gasteiger partial charge on any atom is -0.490 e. The fourth-order valence-electron chi connectivity index (χ4n) is 2.57. The van der Waals surface area contributed by atoms with Gasteiger partial charge in [0.25, 0.3) is 5.91 Å². The van der Waals surface area contributed by atoms with Gasteiger partial charge in [-0.3, -0.25) is 4.79 Å². The van der Waals surface area contributed by atoms with Crippen LogP contribution in [-0.4, -0.2) is 29.8 Å². The number of furan rings is 1. The van der Waals surface area contributed by atoms with Crippen LogP contribution in [0.2, 0.25) is 5.02 Å². The second kappa shape index (κ2) is 10.3. The van der Waals surface area contributed by atoms with E-state index in [0.29, 0.717) is 40.0 Å². The molecule has 2 N–H and O–H groups in total. The monoisotopic (exact) mass is 442 g/mol. The molecule has 3 rings (SSSR count). The molecule has 1 aromatic heterocycles. The van der Waals surface area contributed by atoms with Crippen molar-refractivity contribution in [2.24, 2.45) is 5.10 Å². The first-order valence-corrected chi connectivity index (χ1v) is 9.64. The van der Waals surface area contributed by atoms with Crippen molar-refractivity contribution in [2.75, 3.05) is 6.61 Å². The lowest BCUT2D eigenvalue weighted by molar-refractivity contribution is 0.0657. The number of carboxylic acids is 1. The highest BCUT2D eigenvalue weighted by Crippen LogP contribution is 2.29. The molecule has 3 aromatic rings. The van der Waals surface area contributed by atoms with Crippen LogP contribution in [0.4, 0.5) is 0 Å². The SMILES string of the molecule is CCOc1cc(C=NNC(=O)c2cccc(Cl)c2)ccc1OCc1ccc(C(=O)O)o1. The molecule has 0 saturated heterocycles.